The number of rotatable bonds is 3. The first-order chi connectivity index (χ1) is 15.8. The predicted octanol–water partition coefficient (Wildman–Crippen LogP) is 3.08. The minimum absolute atomic E-state index is 0.0362. The van der Waals surface area contributed by atoms with Crippen LogP contribution >= 0.6 is 11.6 Å². The minimum atomic E-state index is -1.07. The van der Waals surface area contributed by atoms with Gasteiger partial charge in [-0.15, -0.1) is 0 Å². The maximum Gasteiger partial charge on any atom is 0.336 e. The van der Waals surface area contributed by atoms with Crippen molar-refractivity contribution in [1.82, 2.24) is 10.3 Å². The number of fused-ring (bicyclic) bond motifs is 1. The second kappa shape index (κ2) is 8.38. The summed E-state index contributed by atoms with van der Waals surface area (Å²) in [6, 6.07) is 12.7. The average molecular weight is 459 g/mol. The number of carboxylic acid groups (broad SMARTS) is 1. The molecular weight excluding hydrogens is 444 g/mol. The third kappa shape index (κ3) is 3.83. The largest absolute Gasteiger partial charge is 0.478 e. The van der Waals surface area contributed by atoms with Crippen LogP contribution in [0.25, 0.3) is 11.1 Å². The molecule has 0 saturated heterocycles. The highest BCUT2D eigenvalue weighted by molar-refractivity contribution is 6.31. The first kappa shape index (κ1) is 21.4. The van der Waals surface area contributed by atoms with Gasteiger partial charge in [-0.1, -0.05) is 35.9 Å². The van der Waals surface area contributed by atoms with Gasteiger partial charge in [0.15, 0.2) is 6.19 Å². The van der Waals surface area contributed by atoms with Crippen molar-refractivity contribution in [3.63, 3.8) is 0 Å². The molecule has 3 aromatic rings. The molecule has 11 heteroatoms. The van der Waals surface area contributed by atoms with Crippen molar-refractivity contribution in [2.75, 3.05) is 16.8 Å². The molecule has 0 bridgehead atoms. The van der Waals surface area contributed by atoms with Crippen molar-refractivity contribution >= 4 is 40.9 Å². The fourth-order valence-electron chi connectivity index (χ4n) is 3.61. The van der Waals surface area contributed by atoms with Crippen LogP contribution in [0, 0.1) is 22.8 Å². The zero-order chi connectivity index (χ0) is 23.7. The Morgan fingerprint density at radius 3 is 2.55 bits per heavy atom. The summed E-state index contributed by atoms with van der Waals surface area (Å²) in [5, 5.41) is 33.6. The van der Waals surface area contributed by atoms with E-state index in [1.54, 1.807) is 36.5 Å². The summed E-state index contributed by atoms with van der Waals surface area (Å²) >= 11 is 6.08. The zero-order valence-corrected chi connectivity index (χ0v) is 17.6. The van der Waals surface area contributed by atoms with E-state index >= 15 is 0 Å². The van der Waals surface area contributed by atoms with Gasteiger partial charge >= 0.3 is 5.97 Å². The van der Waals surface area contributed by atoms with Gasteiger partial charge in [-0.2, -0.15) is 10.5 Å². The number of nitrogens with one attached hydrogen (secondary N) is 2. The summed E-state index contributed by atoms with van der Waals surface area (Å²) in [6.07, 6.45) is 1.79. The number of aromatic carboxylic acids is 1. The van der Waals surface area contributed by atoms with Gasteiger partial charge in [-0.3, -0.25) is 5.32 Å². The highest BCUT2D eigenvalue weighted by atomic mass is 35.5. The molecule has 1 aromatic heterocycles. The number of nitrogen functional groups attached to an aromatic ring is 2. The van der Waals surface area contributed by atoms with Crippen molar-refractivity contribution < 1.29 is 9.90 Å². The van der Waals surface area contributed by atoms with Gasteiger partial charge in [0.05, 0.1) is 11.3 Å². The topological polar surface area (TPSA) is 186 Å². The van der Waals surface area contributed by atoms with E-state index < -0.39 is 12.0 Å². The number of halogens is 1. The van der Waals surface area contributed by atoms with Crippen molar-refractivity contribution in [2.45, 2.75) is 6.04 Å². The van der Waals surface area contributed by atoms with Crippen LogP contribution in [0.4, 0.5) is 17.3 Å². The average Bonchev–Trinajstić information content (AvgIpc) is 2.78. The van der Waals surface area contributed by atoms with Gasteiger partial charge in [0.25, 0.3) is 0 Å². The van der Waals surface area contributed by atoms with Crippen LogP contribution in [0.2, 0.25) is 5.02 Å². The lowest BCUT2D eigenvalue weighted by Crippen LogP contribution is -2.32. The van der Waals surface area contributed by atoms with E-state index in [9.17, 15) is 15.2 Å². The number of carbonyl (C=O) groups is 1. The molecular formula is C22H15ClN8O2. The summed E-state index contributed by atoms with van der Waals surface area (Å²) < 4.78 is 0. The number of aromatic nitrogens is 1. The first-order valence-electron chi connectivity index (χ1n) is 9.46. The third-order valence-electron chi connectivity index (χ3n) is 5.11. The predicted molar refractivity (Wildman–Crippen MR) is 123 cm³/mol. The zero-order valence-electron chi connectivity index (χ0n) is 16.8. The number of nitrogens with two attached hydrogens (primary N) is 2. The molecule has 1 aliphatic heterocycles. The lowest BCUT2D eigenvalue weighted by molar-refractivity contribution is 0.0697. The first-order valence-corrected chi connectivity index (χ1v) is 9.84. The molecule has 10 nitrogen and oxygen atoms in total. The van der Waals surface area contributed by atoms with Crippen LogP contribution < -0.4 is 22.1 Å². The summed E-state index contributed by atoms with van der Waals surface area (Å²) in [5.41, 5.74) is 14.6. The van der Waals surface area contributed by atoms with Crippen LogP contribution in [0.1, 0.15) is 33.1 Å². The monoisotopic (exact) mass is 458 g/mol. The second-order valence-electron chi connectivity index (χ2n) is 7.02. The number of carboxylic acids is 1. The van der Waals surface area contributed by atoms with Crippen molar-refractivity contribution in [3.8, 4) is 23.4 Å². The second-order valence-corrected chi connectivity index (χ2v) is 7.46. The molecule has 0 spiro atoms. The molecule has 0 fully saturated rings. The molecule has 1 atom stereocenters. The fraction of sp³-hybridized carbons (Fsp3) is 0.0455. The molecule has 2 aromatic carbocycles. The van der Waals surface area contributed by atoms with Crippen LogP contribution in [0.5, 0.6) is 0 Å². The Balaban J connectivity index is 1.84. The maximum absolute atomic E-state index is 11.6. The number of guanidine groups is 1. The number of nitriles is 2. The summed E-state index contributed by atoms with van der Waals surface area (Å²) in [5.74, 6) is -0.710. The van der Waals surface area contributed by atoms with Gasteiger partial charge in [0.1, 0.15) is 29.3 Å². The van der Waals surface area contributed by atoms with Crippen molar-refractivity contribution in [3.05, 3.63) is 69.7 Å². The lowest BCUT2D eigenvalue weighted by atomic mass is 9.93. The van der Waals surface area contributed by atoms with Crippen LogP contribution in [-0.4, -0.2) is 22.0 Å². The van der Waals surface area contributed by atoms with E-state index in [0.29, 0.717) is 27.3 Å². The third-order valence-corrected chi connectivity index (χ3v) is 5.34. The fourth-order valence-corrected chi connectivity index (χ4v) is 3.78. The molecule has 0 saturated carbocycles. The van der Waals surface area contributed by atoms with Crippen molar-refractivity contribution in [2.24, 2.45) is 4.99 Å². The highest BCUT2D eigenvalue weighted by Gasteiger charge is 2.29. The summed E-state index contributed by atoms with van der Waals surface area (Å²) in [4.78, 5) is 20.3. The van der Waals surface area contributed by atoms with Crippen LogP contribution in [-0.2, 0) is 0 Å². The van der Waals surface area contributed by atoms with E-state index in [4.69, 9.17) is 28.3 Å². The van der Waals surface area contributed by atoms with Gasteiger partial charge < -0.3 is 21.9 Å². The van der Waals surface area contributed by atoms with E-state index in [1.165, 1.54) is 12.1 Å². The Kier molecular flexibility index (Phi) is 5.44. The summed E-state index contributed by atoms with van der Waals surface area (Å²) in [7, 11) is 0. The quantitative estimate of drug-likeness (QED) is 0.290. The van der Waals surface area contributed by atoms with Crippen molar-refractivity contribution in [1.29, 1.82) is 10.5 Å². The number of benzene rings is 2. The normalized spacial score (nSPS) is 14.2. The molecule has 0 radical (unpaired) electrons. The molecule has 33 heavy (non-hydrogen) atoms. The Morgan fingerprint density at radius 1 is 1.18 bits per heavy atom. The van der Waals surface area contributed by atoms with E-state index in [1.807, 2.05) is 6.07 Å². The summed E-state index contributed by atoms with van der Waals surface area (Å²) in [6.45, 7) is 0. The lowest BCUT2D eigenvalue weighted by Gasteiger charge is -2.26. The molecule has 162 valence electrons. The number of anilines is 3. The molecule has 0 aliphatic carbocycles. The molecule has 1 unspecified atom stereocenters. The Hall–Kier alpha value is -4.80. The van der Waals surface area contributed by atoms with Gasteiger partial charge in [-0.05, 0) is 34.9 Å². The Labute approximate surface area is 192 Å². The van der Waals surface area contributed by atoms with Gasteiger partial charge in [-0.25, -0.2) is 14.8 Å². The number of nitrogens with zero attached hydrogens (tertiary/aromatic N) is 4. The minimum Gasteiger partial charge on any atom is -0.478 e. The molecule has 0 amide bonds. The van der Waals surface area contributed by atoms with Gasteiger partial charge in [0, 0.05) is 10.6 Å². The molecule has 1 aliphatic rings. The Bertz CT molecular complexity index is 1400. The van der Waals surface area contributed by atoms with E-state index in [0.717, 1.165) is 0 Å². The Morgan fingerprint density at radius 2 is 1.91 bits per heavy atom. The number of hydrogen-bond donors (Lipinski definition) is 5. The van der Waals surface area contributed by atoms with E-state index in [2.05, 4.69) is 20.6 Å². The standard InChI is InChI=1S/C22H15ClN8O2/c23-12-5-6-13(21(32)33)14(7-12)10-1-3-11(4-2-10)18-16-17(26)15(8-24)19(27)30-20(16)31-22(29-18)28-9-25/h1-7,18H,(H,32,33)(H6,26,27,28,29,30,31). The number of pyridine rings is 1. The highest BCUT2D eigenvalue weighted by Crippen LogP contribution is 2.41. The van der Waals surface area contributed by atoms with E-state index in [-0.39, 0.29) is 34.4 Å². The number of aliphatic imine (C=N–C) groups is 1. The van der Waals surface area contributed by atoms with Crippen LogP contribution in [0.3, 0.4) is 0 Å². The maximum atomic E-state index is 11.6. The molecule has 2 heterocycles. The smallest absolute Gasteiger partial charge is 0.336 e. The van der Waals surface area contributed by atoms with Crippen LogP contribution in [0.15, 0.2) is 47.5 Å². The number of hydrogen-bond acceptors (Lipinski definition) is 9. The molecule has 4 rings (SSSR count). The van der Waals surface area contributed by atoms with Gasteiger partial charge in [0.2, 0.25) is 5.96 Å². The molecule has 7 N–H and O–H groups in total. The SMILES string of the molecule is N#CNC1=NC(c2ccc(-c3cc(Cl)ccc3C(=O)O)cc2)c2c(nc(N)c(C#N)c2N)N1.